The molecule has 0 amide bonds. The van der Waals surface area contributed by atoms with E-state index in [1.165, 1.54) is 0 Å². The molecule has 17 heavy (non-hydrogen) atoms. The molecule has 0 radical (unpaired) electrons. The Morgan fingerprint density at radius 1 is 1.12 bits per heavy atom. The Morgan fingerprint density at radius 2 is 1.76 bits per heavy atom. The van der Waals surface area contributed by atoms with Gasteiger partial charge in [0.1, 0.15) is 11.5 Å². The molecule has 0 atom stereocenters. The van der Waals surface area contributed by atoms with Crippen molar-refractivity contribution in [3.8, 4) is 16.9 Å². The summed E-state index contributed by atoms with van der Waals surface area (Å²) in [5.41, 5.74) is 2.08. The van der Waals surface area contributed by atoms with E-state index in [0.29, 0.717) is 11.3 Å². The number of hydrogen-bond acceptors (Lipinski definition) is 3. The summed E-state index contributed by atoms with van der Waals surface area (Å²) in [5.74, 6) is 1.40. The Morgan fingerprint density at radius 3 is 2.29 bits per heavy atom. The molecule has 0 aliphatic rings. The van der Waals surface area contributed by atoms with Crippen LogP contribution in [0, 0.1) is 13.8 Å². The fraction of sp³-hybridized carbons (Fsp3) is 0.214. The zero-order valence-corrected chi connectivity index (χ0v) is 10.1. The molecule has 0 fully saturated rings. The summed E-state index contributed by atoms with van der Waals surface area (Å²) in [4.78, 5) is 11.8. The highest BCUT2D eigenvalue weighted by molar-refractivity contribution is 5.66. The van der Waals surface area contributed by atoms with Gasteiger partial charge in [-0.25, -0.2) is 4.79 Å². The van der Waals surface area contributed by atoms with Gasteiger partial charge in [-0.05, 0) is 43.2 Å². The highest BCUT2D eigenvalue weighted by Gasteiger charge is 2.09. The summed E-state index contributed by atoms with van der Waals surface area (Å²) in [6.45, 7) is 3.68. The van der Waals surface area contributed by atoms with Crippen molar-refractivity contribution in [3.63, 3.8) is 0 Å². The molecule has 0 N–H and O–H groups in total. The third-order valence-electron chi connectivity index (χ3n) is 2.65. The van der Waals surface area contributed by atoms with Crippen molar-refractivity contribution in [2.24, 2.45) is 0 Å². The Labute approximate surface area is 99.7 Å². The molecule has 1 heterocycles. The zero-order valence-electron chi connectivity index (χ0n) is 10.1. The maximum Gasteiger partial charge on any atom is 0.344 e. The summed E-state index contributed by atoms with van der Waals surface area (Å²) in [5, 5.41) is 0. The highest BCUT2D eigenvalue weighted by atomic mass is 16.5. The van der Waals surface area contributed by atoms with Gasteiger partial charge in [-0.3, -0.25) is 0 Å². The van der Waals surface area contributed by atoms with Crippen LogP contribution in [-0.2, 0) is 0 Å². The Hall–Kier alpha value is -2.03. The summed E-state index contributed by atoms with van der Waals surface area (Å²) in [6, 6.07) is 9.23. The maximum absolute atomic E-state index is 11.8. The van der Waals surface area contributed by atoms with E-state index < -0.39 is 0 Å². The molecule has 0 aliphatic carbocycles. The molecule has 3 nitrogen and oxygen atoms in total. The minimum Gasteiger partial charge on any atom is -0.497 e. The summed E-state index contributed by atoms with van der Waals surface area (Å²) in [6.07, 6.45) is 0. The van der Waals surface area contributed by atoms with E-state index in [-0.39, 0.29) is 5.63 Å². The number of methoxy groups -OCH3 is 1. The third kappa shape index (κ3) is 2.23. The number of hydrogen-bond donors (Lipinski definition) is 0. The van der Waals surface area contributed by atoms with Crippen molar-refractivity contribution in [1.29, 1.82) is 0 Å². The molecule has 0 spiro atoms. The highest BCUT2D eigenvalue weighted by Crippen LogP contribution is 2.22. The summed E-state index contributed by atoms with van der Waals surface area (Å²) >= 11 is 0. The molecule has 2 aromatic rings. The first-order valence-electron chi connectivity index (χ1n) is 5.37. The quantitative estimate of drug-likeness (QED) is 0.796. The molecule has 0 saturated heterocycles. The van der Waals surface area contributed by atoms with Gasteiger partial charge in [0.15, 0.2) is 0 Å². The molecular formula is C14H14O3. The topological polar surface area (TPSA) is 39.4 Å². The molecule has 3 heteroatoms. The van der Waals surface area contributed by atoms with E-state index in [0.717, 1.165) is 16.9 Å². The summed E-state index contributed by atoms with van der Waals surface area (Å²) in [7, 11) is 1.61. The van der Waals surface area contributed by atoms with Gasteiger partial charge >= 0.3 is 5.63 Å². The molecule has 0 bridgehead atoms. The lowest BCUT2D eigenvalue weighted by atomic mass is 10.0. The second-order valence-electron chi connectivity index (χ2n) is 3.93. The Balaban J connectivity index is 2.56. The largest absolute Gasteiger partial charge is 0.497 e. The van der Waals surface area contributed by atoms with Crippen LogP contribution in [0.4, 0.5) is 0 Å². The molecular weight excluding hydrogens is 216 g/mol. The van der Waals surface area contributed by atoms with Crippen LogP contribution < -0.4 is 10.4 Å². The van der Waals surface area contributed by atoms with Crippen molar-refractivity contribution in [1.82, 2.24) is 0 Å². The van der Waals surface area contributed by atoms with Crippen molar-refractivity contribution in [3.05, 3.63) is 52.1 Å². The van der Waals surface area contributed by atoms with Gasteiger partial charge in [-0.1, -0.05) is 12.1 Å². The minimum absolute atomic E-state index is 0.298. The zero-order chi connectivity index (χ0) is 12.4. The average molecular weight is 230 g/mol. The number of aryl methyl sites for hydroxylation is 2. The fourth-order valence-electron chi connectivity index (χ4n) is 1.87. The van der Waals surface area contributed by atoms with Gasteiger partial charge < -0.3 is 9.15 Å². The van der Waals surface area contributed by atoms with Crippen molar-refractivity contribution < 1.29 is 9.15 Å². The normalized spacial score (nSPS) is 10.3. The van der Waals surface area contributed by atoms with Crippen LogP contribution in [0.15, 0.2) is 39.5 Å². The van der Waals surface area contributed by atoms with E-state index in [2.05, 4.69) is 0 Å². The first kappa shape index (κ1) is 11.5. The van der Waals surface area contributed by atoms with Crippen molar-refractivity contribution >= 4 is 0 Å². The van der Waals surface area contributed by atoms with Crippen LogP contribution in [0.5, 0.6) is 5.75 Å². The molecule has 2 rings (SSSR count). The van der Waals surface area contributed by atoms with Gasteiger partial charge in [0.25, 0.3) is 0 Å². The second-order valence-corrected chi connectivity index (χ2v) is 3.93. The van der Waals surface area contributed by atoms with Crippen molar-refractivity contribution in [2.75, 3.05) is 7.11 Å². The predicted molar refractivity (Wildman–Crippen MR) is 66.4 cm³/mol. The predicted octanol–water partition coefficient (Wildman–Crippen LogP) is 2.93. The van der Waals surface area contributed by atoms with Gasteiger partial charge in [0, 0.05) is 0 Å². The van der Waals surface area contributed by atoms with E-state index in [9.17, 15) is 4.79 Å². The van der Waals surface area contributed by atoms with Gasteiger partial charge in [0.05, 0.1) is 12.7 Å². The summed E-state index contributed by atoms with van der Waals surface area (Å²) < 4.78 is 10.2. The Kier molecular flexibility index (Phi) is 3.00. The first-order chi connectivity index (χ1) is 8.11. The number of ether oxygens (including phenoxy) is 1. The van der Waals surface area contributed by atoms with E-state index in [1.807, 2.05) is 37.3 Å². The standard InChI is InChI=1S/C14H14O3/c1-9-8-10(2)17-14(15)13(9)11-4-6-12(16-3)7-5-11/h4-8H,1-3H3. The van der Waals surface area contributed by atoms with E-state index in [1.54, 1.807) is 14.0 Å². The lowest BCUT2D eigenvalue weighted by molar-refractivity contribution is 0.415. The second kappa shape index (κ2) is 4.45. The fourth-order valence-corrected chi connectivity index (χ4v) is 1.87. The monoisotopic (exact) mass is 230 g/mol. The van der Waals surface area contributed by atoms with Crippen molar-refractivity contribution in [2.45, 2.75) is 13.8 Å². The molecule has 0 saturated carbocycles. The van der Waals surface area contributed by atoms with Crippen LogP contribution in [0.3, 0.4) is 0 Å². The third-order valence-corrected chi connectivity index (χ3v) is 2.65. The lowest BCUT2D eigenvalue weighted by Crippen LogP contribution is -2.06. The number of benzene rings is 1. The first-order valence-corrected chi connectivity index (χ1v) is 5.37. The van der Waals surface area contributed by atoms with E-state index in [4.69, 9.17) is 9.15 Å². The smallest absolute Gasteiger partial charge is 0.344 e. The van der Waals surface area contributed by atoms with Crippen LogP contribution in [-0.4, -0.2) is 7.11 Å². The SMILES string of the molecule is COc1ccc(-c2c(C)cc(C)oc2=O)cc1. The average Bonchev–Trinajstić information content (AvgIpc) is 2.28. The molecule has 0 aliphatic heterocycles. The molecule has 0 unspecified atom stereocenters. The van der Waals surface area contributed by atoms with Crippen LogP contribution in [0.1, 0.15) is 11.3 Å². The number of rotatable bonds is 2. The van der Waals surface area contributed by atoms with Crippen LogP contribution >= 0.6 is 0 Å². The Bertz CT molecular complexity index is 579. The molecule has 1 aromatic heterocycles. The minimum atomic E-state index is -0.298. The van der Waals surface area contributed by atoms with Gasteiger partial charge in [-0.15, -0.1) is 0 Å². The van der Waals surface area contributed by atoms with Gasteiger partial charge in [-0.2, -0.15) is 0 Å². The van der Waals surface area contributed by atoms with E-state index >= 15 is 0 Å². The lowest BCUT2D eigenvalue weighted by Gasteiger charge is -2.06. The maximum atomic E-state index is 11.8. The molecule has 1 aromatic carbocycles. The van der Waals surface area contributed by atoms with Gasteiger partial charge in [0.2, 0.25) is 0 Å². The van der Waals surface area contributed by atoms with Crippen LogP contribution in [0.2, 0.25) is 0 Å². The van der Waals surface area contributed by atoms with Crippen LogP contribution in [0.25, 0.3) is 11.1 Å². The molecule has 88 valence electrons.